The Morgan fingerprint density at radius 3 is 0.935 bits per heavy atom. The quantitative estimate of drug-likeness (QED) is 0.0107. The number of aliphatic hydroxyl groups excluding tert-OH is 2. The summed E-state index contributed by atoms with van der Waals surface area (Å²) in [7, 11) is -27.9. The van der Waals surface area contributed by atoms with E-state index in [4.69, 9.17) is 73.7 Å². The Morgan fingerprint density at radius 2 is 0.677 bits per heavy atom. The summed E-state index contributed by atoms with van der Waals surface area (Å²) in [4.78, 5) is 236. The Kier molecular flexibility index (Phi) is 27.4. The lowest BCUT2D eigenvalue weighted by molar-refractivity contribution is -0.146. The number of fused-ring (bicyclic) bond motifs is 5. The maximum Gasteiger partial charge on any atom is 0.472 e. The fraction of sp³-hybridized carbons (Fsp3) is 0.621. The molecule has 25 atom stereocenters. The number of hydrogen-bond acceptors (Lipinski definition) is 36. The number of aromatic nitrogens is 10. The number of rotatable bonds is 36. The topological polar surface area (TPSA) is 715 Å². The molecular formula is C66H87N12O41P5. The van der Waals surface area contributed by atoms with E-state index in [2.05, 4.69) is 20.3 Å². The number of amides is 3. The first kappa shape index (κ1) is 93.6. The number of nitrogens with zero attached hydrogens (tertiary/aromatic N) is 6. The number of carbonyl (C=O) groups is 3. The number of H-pyrrole nitrogens is 5. The summed E-state index contributed by atoms with van der Waals surface area (Å²) in [5.74, 6) is -3.64. The molecule has 13 heterocycles. The Morgan fingerprint density at radius 1 is 0.427 bits per heavy atom. The normalized spacial score (nSPS) is 31.7. The van der Waals surface area contributed by atoms with E-state index in [0.29, 0.717) is 0 Å². The van der Waals surface area contributed by atoms with Crippen molar-refractivity contribution in [3.05, 3.63) is 175 Å². The van der Waals surface area contributed by atoms with Gasteiger partial charge in [0.1, 0.15) is 92.2 Å². The van der Waals surface area contributed by atoms with Gasteiger partial charge >= 0.3 is 67.6 Å². The van der Waals surface area contributed by atoms with Crippen LogP contribution < -0.4 is 61.6 Å². The minimum Gasteiger partial charge on any atom is -0.394 e. The summed E-state index contributed by atoms with van der Waals surface area (Å²) in [6.45, 7) is 2.12. The number of imide groups is 1. The van der Waals surface area contributed by atoms with Gasteiger partial charge in [0.25, 0.3) is 27.8 Å². The van der Waals surface area contributed by atoms with Gasteiger partial charge in [-0.25, -0.2) is 46.8 Å². The number of ether oxygens (including phenoxy) is 6. The largest absolute Gasteiger partial charge is 0.472 e. The fourth-order valence-corrected chi connectivity index (χ4v) is 20.3. The van der Waals surface area contributed by atoms with E-state index in [1.165, 1.54) is 34.6 Å². The standard InChI is InChI=1S/C66H87N12O41P5/c1-29-17-74(60(89)68-53(29)82)46-12-35(40(23-80)109-46)114-121(96,97)105-25-42-37(14-48(111-42)76-19-31(3)55(84)70-62(76)91)116-123(100,101)107-27-44-39(16-50(113-44)78-21-33(5)57(86)72-64(78)93)118-124(102,103)108-28-43-38(15-49(112-43)77-20-32(4)56(85)71-63(77)92)117-122(98,99)106-26-41-36(13-47(110-41)75-18-30(2)54(83)69-61(75)90)115-120(94,95)104-24-34(22-79)67-45(81)8-11-73-58(87)51-52(59(73)88)66(7)10-9-65(51,6)119-66/h9-10,17-21,34-44,46-52,79-80H,8,11-16,22-28H2,1-7H3,(H,67,81)(H,94,95)(H,96,97)(H,98,99)(H,100,101)(H,102,103)(H,68,82,89)(H,69,83,90)(H,70,84,91)(H,71,85,92)(H,72,86,93)/t34?,35-,36-,37-,38-,39-,40+,41+,42+,43+,44+,46+,47+,48+,49+,50+,51?,52?,65?,66?/m0/s1. The van der Waals surface area contributed by atoms with E-state index < -0.39 is 313 Å². The molecule has 0 aromatic carbocycles. The van der Waals surface area contributed by atoms with Crippen LogP contribution in [0.15, 0.2) is 91.1 Å². The smallest absolute Gasteiger partial charge is 0.394 e. The lowest BCUT2D eigenvalue weighted by atomic mass is 9.73. The lowest BCUT2D eigenvalue weighted by Gasteiger charge is -2.26. The van der Waals surface area contributed by atoms with E-state index in [1.54, 1.807) is 26.0 Å². The Balaban J connectivity index is 0.680. The van der Waals surface area contributed by atoms with E-state index in [9.17, 15) is 120 Å². The second kappa shape index (κ2) is 36.3. The summed E-state index contributed by atoms with van der Waals surface area (Å²) >= 11 is 0. The number of phosphoric acid groups is 5. The zero-order valence-electron chi connectivity index (χ0n) is 66.3. The molecule has 7 saturated heterocycles. The molecule has 5 aromatic rings. The first-order valence-corrected chi connectivity index (χ1v) is 45.4. The van der Waals surface area contributed by atoms with Gasteiger partial charge in [-0.1, -0.05) is 12.2 Å². The van der Waals surface area contributed by atoms with Gasteiger partial charge in [0, 0.05) is 104 Å². The van der Waals surface area contributed by atoms with Crippen LogP contribution in [0, 0.1) is 46.5 Å². The molecule has 0 radical (unpaired) electrons. The Labute approximate surface area is 693 Å². The van der Waals surface area contributed by atoms with Crippen LogP contribution in [0.3, 0.4) is 0 Å². The van der Waals surface area contributed by atoms with Crippen molar-refractivity contribution in [1.82, 2.24) is 58.0 Å². The molecule has 8 aliphatic heterocycles. The number of aromatic amines is 5. The van der Waals surface area contributed by atoms with Gasteiger partial charge in [-0.15, -0.1) is 0 Å². The predicted molar refractivity (Wildman–Crippen MR) is 408 cm³/mol. The van der Waals surface area contributed by atoms with Gasteiger partial charge in [-0.3, -0.25) is 136 Å². The maximum absolute atomic E-state index is 14.4. The molecule has 13 N–H and O–H groups in total. The minimum atomic E-state index is -5.73. The van der Waals surface area contributed by atoms with Crippen molar-refractivity contribution in [3.63, 3.8) is 0 Å². The molecule has 124 heavy (non-hydrogen) atoms. The van der Waals surface area contributed by atoms with Crippen molar-refractivity contribution in [1.29, 1.82) is 0 Å². The van der Waals surface area contributed by atoms with Crippen molar-refractivity contribution in [2.24, 2.45) is 11.8 Å². The highest BCUT2D eigenvalue weighted by atomic mass is 31.2. The monoisotopic (exact) mass is 1860 g/mol. The summed E-state index contributed by atoms with van der Waals surface area (Å²) < 4.78 is 164. The molecule has 53 nitrogen and oxygen atoms in total. The second-order valence-corrected chi connectivity index (χ2v) is 37.8. The van der Waals surface area contributed by atoms with Crippen molar-refractivity contribution < 1.29 is 146 Å². The molecule has 58 heteroatoms. The first-order valence-electron chi connectivity index (χ1n) is 38.0. The highest BCUT2D eigenvalue weighted by Crippen LogP contribution is 2.59. The molecule has 0 spiro atoms. The van der Waals surface area contributed by atoms with Crippen LogP contribution in [0.1, 0.15) is 111 Å². The summed E-state index contributed by atoms with van der Waals surface area (Å²) in [5.41, 5.74) is -11.6. The van der Waals surface area contributed by atoms with Crippen LogP contribution in [-0.2, 0) is 111 Å². The number of aryl methyl sites for hydroxylation is 5. The van der Waals surface area contributed by atoms with Crippen LogP contribution in [0.4, 0.5) is 0 Å². The molecule has 7 fully saturated rings. The molecule has 0 saturated carbocycles. The van der Waals surface area contributed by atoms with Crippen LogP contribution in [0.5, 0.6) is 0 Å². The molecule has 0 aliphatic carbocycles. The highest BCUT2D eigenvalue weighted by molar-refractivity contribution is 7.48. The predicted octanol–water partition coefficient (Wildman–Crippen LogP) is -3.19. The molecule has 3 amide bonds. The van der Waals surface area contributed by atoms with E-state index >= 15 is 0 Å². The van der Waals surface area contributed by atoms with Gasteiger partial charge in [-0.2, -0.15) is 0 Å². The van der Waals surface area contributed by atoms with E-state index in [0.717, 1.165) is 58.7 Å². The third-order valence-electron chi connectivity index (χ3n) is 21.7. The summed E-state index contributed by atoms with van der Waals surface area (Å²) in [5, 5.41) is 22.7. The molecule has 8 aliphatic rings. The molecular weight excluding hydrogens is 1770 g/mol. The van der Waals surface area contributed by atoms with Crippen LogP contribution in [0.25, 0.3) is 0 Å². The summed E-state index contributed by atoms with van der Waals surface area (Å²) in [6, 6.07) is -1.45. The number of aliphatic hydroxyl groups is 2. The SMILES string of the molecule is Cc1cn([C@H]2C[C@H](OP(=O)(O)OC[C@H]3O[C@@H](n4cc(C)c(=O)[nH]c4=O)C[C@@H]3OP(=O)(O)OC[C@H]3O[C@@H](n4cc(C)c(=O)[nH]c4=O)C[C@@H]3OP(=O)(O)OC[C@H]3O[C@@H](n4cc(C)c(=O)[nH]c4=O)C[C@@H]3OP(=O)(O)OC[C@H]3O[C@@H](n4cc(C)c(=O)[nH]c4=O)C[C@@H]3OP(=O)(O)OCC(CO)NC(=O)CCN3C(=O)C4C(C3=O)C3(C)C=CC4(C)O3)[C@@H](CO)O2)c(=O)[nH]c1=O. The Hall–Kier alpha value is -8.02. The van der Waals surface area contributed by atoms with Crippen molar-refractivity contribution in [2.45, 2.75) is 196 Å². The Bertz CT molecular complexity index is 5880. The van der Waals surface area contributed by atoms with Crippen molar-refractivity contribution in [3.8, 4) is 0 Å². The number of likely N-dealkylation sites (tertiary alicyclic amines) is 1. The number of carbonyl (C=O) groups excluding carboxylic acids is 3. The fourth-order valence-electron chi connectivity index (χ4n) is 15.5. The highest BCUT2D eigenvalue weighted by Gasteiger charge is 2.70. The van der Waals surface area contributed by atoms with Gasteiger partial charge in [0.2, 0.25) is 17.7 Å². The summed E-state index contributed by atoms with van der Waals surface area (Å²) in [6.07, 6.45) is -19.8. The maximum atomic E-state index is 14.4. The van der Waals surface area contributed by atoms with E-state index in [-0.39, 0.29) is 40.8 Å². The van der Waals surface area contributed by atoms with Gasteiger partial charge in [0.05, 0.1) is 75.3 Å². The van der Waals surface area contributed by atoms with Crippen molar-refractivity contribution >= 4 is 56.8 Å². The number of nitrogens with one attached hydrogen (secondary N) is 6. The van der Waals surface area contributed by atoms with Crippen LogP contribution >= 0.6 is 39.1 Å². The molecule has 5 aromatic heterocycles. The van der Waals surface area contributed by atoms with Gasteiger partial charge < -0.3 is 68.4 Å². The molecule has 2 bridgehead atoms. The van der Waals surface area contributed by atoms with Crippen LogP contribution in [0.2, 0.25) is 0 Å². The zero-order valence-corrected chi connectivity index (χ0v) is 70.7. The third-order valence-corrected chi connectivity index (χ3v) is 26.8. The van der Waals surface area contributed by atoms with Crippen LogP contribution in [-0.4, -0.2) is 236 Å². The molecule has 10 unspecified atom stereocenters. The van der Waals surface area contributed by atoms with Gasteiger partial charge in [0.15, 0.2) is 0 Å². The number of phosphoric ester groups is 5. The first-order chi connectivity index (χ1) is 58.0. The third kappa shape index (κ3) is 20.7. The average molecular weight is 1860 g/mol. The second-order valence-electron chi connectivity index (χ2n) is 30.7. The number of hydrogen-bond donors (Lipinski definition) is 13. The lowest BCUT2D eigenvalue weighted by Crippen LogP contribution is -2.44. The van der Waals surface area contributed by atoms with E-state index in [1.807, 2.05) is 9.97 Å². The minimum absolute atomic E-state index is 0.0398. The van der Waals surface area contributed by atoms with Gasteiger partial charge in [-0.05, 0) is 48.5 Å². The van der Waals surface area contributed by atoms with Crippen molar-refractivity contribution in [2.75, 3.05) is 52.8 Å². The molecule has 682 valence electrons. The average Bonchev–Trinajstić information content (AvgIpc) is 1.52. The zero-order chi connectivity index (χ0) is 90.2. The molecule has 13 rings (SSSR count).